The maximum atomic E-state index is 10.5. The van der Waals surface area contributed by atoms with Crippen molar-refractivity contribution in [1.29, 1.82) is 0 Å². The maximum Gasteiger partial charge on any atom is 0.187 e. The van der Waals surface area contributed by atoms with Gasteiger partial charge in [0.2, 0.25) is 0 Å². The topological polar surface area (TPSA) is 192 Å². The van der Waals surface area contributed by atoms with Crippen LogP contribution in [-0.4, -0.2) is 116 Å². The number of aliphatic hydroxyl groups excluding tert-OH is 8. The van der Waals surface area contributed by atoms with E-state index in [4.69, 9.17) is 9.47 Å². The smallest absolute Gasteiger partial charge is 0.187 e. The van der Waals surface area contributed by atoms with Crippen LogP contribution in [0.2, 0.25) is 0 Å². The molecule has 9 atom stereocenters. The van der Waals surface area contributed by atoms with Crippen LogP contribution < -0.4 is 5.32 Å². The zero-order chi connectivity index (χ0) is 23.3. The summed E-state index contributed by atoms with van der Waals surface area (Å²) in [5.74, 6) is 0. The lowest BCUT2D eigenvalue weighted by molar-refractivity contribution is -0.326. The predicted octanol–water partition coefficient (Wildman–Crippen LogP) is -3.02. The van der Waals surface area contributed by atoms with Gasteiger partial charge in [-0.05, 0) is 25.5 Å². The quantitative estimate of drug-likeness (QED) is 0.177. The van der Waals surface area contributed by atoms with Gasteiger partial charge in [0, 0.05) is 12.2 Å². The van der Waals surface area contributed by atoms with E-state index in [9.17, 15) is 40.9 Å². The van der Waals surface area contributed by atoms with E-state index in [0.29, 0.717) is 0 Å². The average Bonchev–Trinajstić information content (AvgIpc) is 2.75. The highest BCUT2D eigenvalue weighted by atomic mass is 16.7. The van der Waals surface area contributed by atoms with Gasteiger partial charge in [0.1, 0.15) is 42.7 Å². The number of aryl methyl sites for hydroxylation is 2. The molecule has 0 radical (unpaired) electrons. The molecule has 1 fully saturated rings. The third kappa shape index (κ3) is 6.33. The fourth-order valence-electron chi connectivity index (χ4n) is 3.40. The summed E-state index contributed by atoms with van der Waals surface area (Å²) in [6, 6.07) is 5.62. The fourth-order valence-corrected chi connectivity index (χ4v) is 3.40. The maximum absolute atomic E-state index is 10.5. The lowest BCUT2D eigenvalue weighted by atomic mass is 9.98. The number of anilines is 1. The van der Waals surface area contributed by atoms with Crippen LogP contribution in [0.3, 0.4) is 0 Å². The minimum Gasteiger partial charge on any atom is -0.394 e. The minimum absolute atomic E-state index is 0.127. The van der Waals surface area contributed by atoms with E-state index in [-0.39, 0.29) is 6.54 Å². The van der Waals surface area contributed by atoms with Gasteiger partial charge >= 0.3 is 0 Å². The van der Waals surface area contributed by atoms with Gasteiger partial charge in [0.05, 0.1) is 19.3 Å². The SMILES string of the molecule is Cc1ccc(NCC(O)C(O)C(OC2OC(CO)C(O)C(O)C2O)C(O)CO)c(C)c1. The first kappa shape index (κ1) is 25.9. The number of benzene rings is 1. The highest BCUT2D eigenvalue weighted by Gasteiger charge is 2.46. The van der Waals surface area contributed by atoms with Crippen LogP contribution in [0.1, 0.15) is 11.1 Å². The Bertz CT molecular complexity index is 690. The highest BCUT2D eigenvalue weighted by molar-refractivity contribution is 5.51. The second-order valence-corrected chi connectivity index (χ2v) is 7.81. The molecule has 0 aliphatic carbocycles. The van der Waals surface area contributed by atoms with Crippen LogP contribution in [0.25, 0.3) is 0 Å². The number of nitrogens with one attached hydrogen (secondary N) is 1. The van der Waals surface area contributed by atoms with Crippen molar-refractivity contribution >= 4 is 5.69 Å². The minimum atomic E-state index is -1.77. The Morgan fingerprint density at radius 3 is 2.26 bits per heavy atom. The predicted molar refractivity (Wildman–Crippen MR) is 108 cm³/mol. The van der Waals surface area contributed by atoms with Gasteiger partial charge in [0.15, 0.2) is 6.29 Å². The Kier molecular flexibility index (Phi) is 9.58. The molecule has 2 rings (SSSR count). The lowest BCUT2D eigenvalue weighted by Gasteiger charge is -2.42. The average molecular weight is 447 g/mol. The third-order valence-electron chi connectivity index (χ3n) is 5.32. The molecular weight excluding hydrogens is 414 g/mol. The van der Waals surface area contributed by atoms with Crippen molar-refractivity contribution in [2.45, 2.75) is 69.0 Å². The van der Waals surface area contributed by atoms with E-state index in [1.165, 1.54) is 0 Å². The summed E-state index contributed by atoms with van der Waals surface area (Å²) < 4.78 is 10.6. The molecule has 1 aliphatic heterocycles. The van der Waals surface area contributed by atoms with E-state index >= 15 is 0 Å². The van der Waals surface area contributed by atoms with Crippen molar-refractivity contribution in [3.05, 3.63) is 29.3 Å². The molecule has 0 spiro atoms. The summed E-state index contributed by atoms with van der Waals surface area (Å²) in [6.45, 7) is 2.16. The molecule has 0 amide bonds. The largest absolute Gasteiger partial charge is 0.394 e. The number of hydrogen-bond donors (Lipinski definition) is 9. The lowest BCUT2D eigenvalue weighted by Crippen LogP contribution is -2.61. The molecule has 9 N–H and O–H groups in total. The van der Waals surface area contributed by atoms with Crippen molar-refractivity contribution in [2.75, 3.05) is 25.1 Å². The molecule has 0 saturated carbocycles. The molecule has 1 aromatic carbocycles. The summed E-state index contributed by atoms with van der Waals surface area (Å²) in [4.78, 5) is 0. The van der Waals surface area contributed by atoms with Crippen LogP contribution in [0, 0.1) is 13.8 Å². The van der Waals surface area contributed by atoms with Gasteiger partial charge in [0.25, 0.3) is 0 Å². The van der Waals surface area contributed by atoms with Gasteiger partial charge in [-0.2, -0.15) is 0 Å². The van der Waals surface area contributed by atoms with Crippen LogP contribution in [0.15, 0.2) is 18.2 Å². The van der Waals surface area contributed by atoms with E-state index in [1.54, 1.807) is 0 Å². The van der Waals surface area contributed by atoms with E-state index in [2.05, 4.69) is 5.32 Å². The van der Waals surface area contributed by atoms with Gasteiger partial charge in [-0.3, -0.25) is 0 Å². The first-order valence-electron chi connectivity index (χ1n) is 10.0. The van der Waals surface area contributed by atoms with Gasteiger partial charge < -0.3 is 55.6 Å². The van der Waals surface area contributed by atoms with E-state index in [0.717, 1.165) is 16.8 Å². The second-order valence-electron chi connectivity index (χ2n) is 7.81. The summed E-state index contributed by atoms with van der Waals surface area (Å²) in [6.07, 6.45) is -14.5. The molecule has 9 unspecified atom stereocenters. The molecule has 1 heterocycles. The molecule has 0 bridgehead atoms. The Hall–Kier alpha value is -1.38. The molecule has 1 aliphatic rings. The molecular formula is C20H33NO10. The number of rotatable bonds is 10. The molecule has 11 heteroatoms. The van der Waals surface area contributed by atoms with Crippen molar-refractivity contribution < 1.29 is 50.3 Å². The zero-order valence-corrected chi connectivity index (χ0v) is 17.4. The molecule has 178 valence electrons. The summed E-state index contributed by atoms with van der Waals surface area (Å²) >= 11 is 0. The first-order chi connectivity index (χ1) is 14.6. The number of aliphatic hydroxyl groups is 8. The van der Waals surface area contributed by atoms with Crippen molar-refractivity contribution in [2.24, 2.45) is 0 Å². The molecule has 1 saturated heterocycles. The molecule has 11 nitrogen and oxygen atoms in total. The first-order valence-corrected chi connectivity index (χ1v) is 10.0. The zero-order valence-electron chi connectivity index (χ0n) is 17.4. The molecule has 0 aromatic heterocycles. The molecule has 1 aromatic rings. The summed E-state index contributed by atoms with van der Waals surface area (Å²) in [7, 11) is 0. The summed E-state index contributed by atoms with van der Waals surface area (Å²) in [5, 5.41) is 82.4. The van der Waals surface area contributed by atoms with Crippen molar-refractivity contribution in [3.8, 4) is 0 Å². The highest BCUT2D eigenvalue weighted by Crippen LogP contribution is 2.25. The van der Waals surface area contributed by atoms with E-state index in [1.807, 2.05) is 32.0 Å². The van der Waals surface area contributed by atoms with Crippen LogP contribution >= 0.6 is 0 Å². The van der Waals surface area contributed by atoms with Crippen LogP contribution in [-0.2, 0) is 9.47 Å². The normalized spacial score (nSPS) is 30.5. The van der Waals surface area contributed by atoms with Crippen LogP contribution in [0.5, 0.6) is 0 Å². The van der Waals surface area contributed by atoms with Crippen molar-refractivity contribution in [3.63, 3.8) is 0 Å². The van der Waals surface area contributed by atoms with E-state index < -0.39 is 68.3 Å². The molecule has 31 heavy (non-hydrogen) atoms. The van der Waals surface area contributed by atoms with Gasteiger partial charge in [-0.25, -0.2) is 0 Å². The van der Waals surface area contributed by atoms with Crippen molar-refractivity contribution in [1.82, 2.24) is 0 Å². The fraction of sp³-hybridized carbons (Fsp3) is 0.700. The monoisotopic (exact) mass is 447 g/mol. The number of ether oxygens (including phenoxy) is 2. The third-order valence-corrected chi connectivity index (χ3v) is 5.32. The second kappa shape index (κ2) is 11.5. The summed E-state index contributed by atoms with van der Waals surface area (Å²) in [5.41, 5.74) is 2.71. The Labute approximate surface area is 180 Å². The number of hydrogen-bond acceptors (Lipinski definition) is 11. The van der Waals surface area contributed by atoms with Gasteiger partial charge in [-0.15, -0.1) is 0 Å². The standard InChI is InChI=1S/C20H33NO10/c1-9-3-4-11(10(2)5-9)21-6-12(24)15(26)19(13(25)7-22)31-20-18(29)17(28)16(27)14(8-23)30-20/h3-5,12-29H,6-8H2,1-2H3. The Morgan fingerprint density at radius 2 is 1.68 bits per heavy atom. The van der Waals surface area contributed by atoms with Gasteiger partial charge in [-0.1, -0.05) is 17.7 Å². The Morgan fingerprint density at radius 1 is 1.00 bits per heavy atom. The van der Waals surface area contributed by atoms with Crippen LogP contribution in [0.4, 0.5) is 5.69 Å². The Balaban J connectivity index is 2.08.